The summed E-state index contributed by atoms with van der Waals surface area (Å²) < 4.78 is 16.4. The van der Waals surface area contributed by atoms with E-state index in [1.807, 2.05) is 30.8 Å². The van der Waals surface area contributed by atoms with E-state index < -0.39 is 5.82 Å². The molecule has 0 unspecified atom stereocenters. The van der Waals surface area contributed by atoms with Crippen molar-refractivity contribution in [2.24, 2.45) is 17.8 Å². The fourth-order valence-electron chi connectivity index (χ4n) is 6.86. The number of fused-ring (bicyclic) bond motifs is 1. The SMILES string of the molecule is CNC(=O)C1CCC([C@@H](C)N2CC(Cc3cn(-c4ccc(F)cc4C(=O)N(C)C(C)C)c4cncc(C)c34)C2)CC1. The lowest BCUT2D eigenvalue weighted by Gasteiger charge is -2.47. The number of nitrogens with zero attached hydrogens (tertiary/aromatic N) is 4. The molecule has 0 radical (unpaired) electrons. The summed E-state index contributed by atoms with van der Waals surface area (Å²) >= 11 is 0. The van der Waals surface area contributed by atoms with Crippen LogP contribution in [0.2, 0.25) is 0 Å². The number of hydrogen-bond donors (Lipinski definition) is 1. The summed E-state index contributed by atoms with van der Waals surface area (Å²) in [5.74, 6) is 0.926. The van der Waals surface area contributed by atoms with Crippen molar-refractivity contribution in [3.05, 3.63) is 59.3 Å². The van der Waals surface area contributed by atoms with Gasteiger partial charge in [0.15, 0.2) is 0 Å². The van der Waals surface area contributed by atoms with Crippen LogP contribution in [0.3, 0.4) is 0 Å². The van der Waals surface area contributed by atoms with E-state index in [-0.39, 0.29) is 23.8 Å². The monoisotopic (exact) mass is 561 g/mol. The topological polar surface area (TPSA) is 70.5 Å². The van der Waals surface area contributed by atoms with Gasteiger partial charge in [-0.3, -0.25) is 19.5 Å². The Hall–Kier alpha value is -3.26. The van der Waals surface area contributed by atoms with E-state index in [2.05, 4.69) is 35.2 Å². The summed E-state index contributed by atoms with van der Waals surface area (Å²) in [7, 11) is 3.49. The van der Waals surface area contributed by atoms with E-state index in [9.17, 15) is 14.0 Å². The maximum absolute atomic E-state index is 14.4. The molecule has 2 aromatic heterocycles. The lowest BCUT2D eigenvalue weighted by molar-refractivity contribution is -0.126. The Morgan fingerprint density at radius 1 is 1.12 bits per heavy atom. The highest BCUT2D eigenvalue weighted by Gasteiger charge is 2.37. The van der Waals surface area contributed by atoms with Crippen LogP contribution in [0.15, 0.2) is 36.8 Å². The molecule has 2 aliphatic rings. The highest BCUT2D eigenvalue weighted by Crippen LogP contribution is 2.37. The van der Waals surface area contributed by atoms with Gasteiger partial charge < -0.3 is 14.8 Å². The largest absolute Gasteiger partial charge is 0.359 e. The maximum atomic E-state index is 14.4. The van der Waals surface area contributed by atoms with Gasteiger partial charge in [-0.05, 0) is 101 Å². The number of rotatable bonds is 8. The molecule has 2 amide bonds. The zero-order valence-corrected chi connectivity index (χ0v) is 25.3. The minimum atomic E-state index is -0.425. The van der Waals surface area contributed by atoms with Crippen LogP contribution in [0.1, 0.15) is 67.9 Å². The molecule has 3 aromatic rings. The smallest absolute Gasteiger partial charge is 0.256 e. The molecular weight excluding hydrogens is 517 g/mol. The lowest BCUT2D eigenvalue weighted by atomic mass is 9.77. The van der Waals surface area contributed by atoms with Crippen molar-refractivity contribution in [1.82, 2.24) is 24.7 Å². The third-order valence-corrected chi connectivity index (χ3v) is 9.67. The van der Waals surface area contributed by atoms with Gasteiger partial charge in [0.05, 0.1) is 23.0 Å². The van der Waals surface area contributed by atoms with E-state index in [0.29, 0.717) is 29.1 Å². The number of halogens is 1. The van der Waals surface area contributed by atoms with Gasteiger partial charge in [0.2, 0.25) is 5.91 Å². The van der Waals surface area contributed by atoms with Gasteiger partial charge in [-0.1, -0.05) is 0 Å². The van der Waals surface area contributed by atoms with Crippen LogP contribution in [0.4, 0.5) is 4.39 Å². The highest BCUT2D eigenvalue weighted by molar-refractivity contribution is 5.99. The van der Waals surface area contributed by atoms with Crippen molar-refractivity contribution in [2.45, 2.75) is 71.9 Å². The summed E-state index contributed by atoms with van der Waals surface area (Å²) in [5, 5.41) is 3.98. The van der Waals surface area contributed by atoms with Crippen molar-refractivity contribution < 1.29 is 14.0 Å². The minimum Gasteiger partial charge on any atom is -0.359 e. The number of likely N-dealkylation sites (tertiary alicyclic amines) is 1. The molecule has 3 heterocycles. The summed E-state index contributed by atoms with van der Waals surface area (Å²) in [6, 6.07) is 4.99. The first-order valence-corrected chi connectivity index (χ1v) is 15.1. The Morgan fingerprint density at radius 2 is 1.83 bits per heavy atom. The molecule has 1 atom stereocenters. The molecule has 41 heavy (non-hydrogen) atoms. The van der Waals surface area contributed by atoms with E-state index in [4.69, 9.17) is 0 Å². The molecule has 5 rings (SSSR count). The van der Waals surface area contributed by atoms with Crippen molar-refractivity contribution in [2.75, 3.05) is 27.2 Å². The standard InChI is InChI=1S/C33H44FN5O2/c1-20(2)37(6)33(41)28-14-27(34)11-12-29(28)39-19-26(31-21(3)15-36-16-30(31)39)13-23-17-38(18-23)22(4)24-7-9-25(10-8-24)32(40)35-5/h11-12,14-16,19-20,22-25H,7-10,13,17-18H2,1-6H3,(H,35,40)/t22-,24?,25?/m1/s1. The van der Waals surface area contributed by atoms with Gasteiger partial charge in [0.25, 0.3) is 5.91 Å². The Kier molecular flexibility index (Phi) is 8.50. The number of pyridine rings is 1. The molecule has 1 N–H and O–H groups in total. The predicted octanol–water partition coefficient (Wildman–Crippen LogP) is 5.37. The summed E-state index contributed by atoms with van der Waals surface area (Å²) in [6.07, 6.45) is 11.0. The maximum Gasteiger partial charge on any atom is 0.256 e. The first-order valence-electron chi connectivity index (χ1n) is 15.1. The minimum absolute atomic E-state index is 0.00525. The zero-order valence-electron chi connectivity index (χ0n) is 25.3. The number of amides is 2. The number of carbonyl (C=O) groups excluding carboxylic acids is 2. The predicted molar refractivity (Wildman–Crippen MR) is 161 cm³/mol. The number of aromatic nitrogens is 2. The molecule has 1 saturated carbocycles. The van der Waals surface area contributed by atoms with Crippen molar-refractivity contribution >= 4 is 22.7 Å². The summed E-state index contributed by atoms with van der Waals surface area (Å²) in [5.41, 5.74) is 4.29. The second-order valence-corrected chi connectivity index (χ2v) is 12.5. The van der Waals surface area contributed by atoms with Crippen LogP contribution in [0.25, 0.3) is 16.6 Å². The molecule has 0 spiro atoms. The number of carbonyl (C=O) groups is 2. The van der Waals surface area contributed by atoms with Gasteiger partial charge in [-0.2, -0.15) is 0 Å². The number of benzene rings is 1. The van der Waals surface area contributed by atoms with Crippen molar-refractivity contribution in [3.8, 4) is 5.69 Å². The first kappa shape index (κ1) is 29.2. The molecule has 2 fully saturated rings. The summed E-state index contributed by atoms with van der Waals surface area (Å²) in [6.45, 7) is 10.5. The molecule has 7 nitrogen and oxygen atoms in total. The zero-order chi connectivity index (χ0) is 29.4. The molecule has 1 saturated heterocycles. The third kappa shape index (κ3) is 5.76. The molecule has 220 valence electrons. The number of hydrogen-bond acceptors (Lipinski definition) is 4. The summed E-state index contributed by atoms with van der Waals surface area (Å²) in [4.78, 5) is 34.1. The van der Waals surface area contributed by atoms with E-state index in [1.165, 1.54) is 23.1 Å². The molecule has 1 aliphatic heterocycles. The molecule has 1 aromatic carbocycles. The van der Waals surface area contributed by atoms with Crippen LogP contribution in [0.5, 0.6) is 0 Å². The Morgan fingerprint density at radius 3 is 2.49 bits per heavy atom. The lowest BCUT2D eigenvalue weighted by Crippen LogP contribution is -2.54. The van der Waals surface area contributed by atoms with Gasteiger partial charge in [0, 0.05) is 63.0 Å². The van der Waals surface area contributed by atoms with Gasteiger partial charge in [0.1, 0.15) is 5.82 Å². The Balaban J connectivity index is 1.34. The van der Waals surface area contributed by atoms with Crippen LogP contribution in [0, 0.1) is 30.5 Å². The number of aryl methyl sites for hydroxylation is 1. The van der Waals surface area contributed by atoms with E-state index in [0.717, 1.165) is 56.3 Å². The van der Waals surface area contributed by atoms with Gasteiger partial charge >= 0.3 is 0 Å². The highest BCUT2D eigenvalue weighted by atomic mass is 19.1. The normalized spacial score (nSPS) is 20.7. The van der Waals surface area contributed by atoms with E-state index in [1.54, 1.807) is 25.1 Å². The quantitative estimate of drug-likeness (QED) is 0.402. The third-order valence-electron chi connectivity index (χ3n) is 9.67. The first-order chi connectivity index (χ1) is 19.6. The van der Waals surface area contributed by atoms with Gasteiger partial charge in [-0.15, -0.1) is 0 Å². The van der Waals surface area contributed by atoms with Crippen molar-refractivity contribution in [3.63, 3.8) is 0 Å². The average Bonchev–Trinajstić information content (AvgIpc) is 3.32. The van der Waals surface area contributed by atoms with Crippen molar-refractivity contribution in [1.29, 1.82) is 0 Å². The molecular formula is C33H44FN5O2. The van der Waals surface area contributed by atoms with Crippen LogP contribution < -0.4 is 5.32 Å². The molecule has 8 heteroatoms. The fraction of sp³-hybridized carbons (Fsp3) is 0.545. The fourth-order valence-corrected chi connectivity index (χ4v) is 6.86. The number of nitrogens with one attached hydrogen (secondary N) is 1. The second kappa shape index (κ2) is 11.9. The van der Waals surface area contributed by atoms with Crippen LogP contribution in [-0.4, -0.2) is 70.4 Å². The Bertz CT molecular complexity index is 1420. The van der Waals surface area contributed by atoms with Crippen LogP contribution in [-0.2, 0) is 11.2 Å². The van der Waals surface area contributed by atoms with Crippen LogP contribution >= 0.6 is 0 Å². The molecule has 0 bridgehead atoms. The van der Waals surface area contributed by atoms with Gasteiger partial charge in [-0.25, -0.2) is 4.39 Å². The average molecular weight is 562 g/mol. The second-order valence-electron chi connectivity index (χ2n) is 12.5. The van der Waals surface area contributed by atoms with E-state index >= 15 is 0 Å². The Labute approximate surface area is 243 Å². The molecule has 1 aliphatic carbocycles.